The van der Waals surface area contributed by atoms with Gasteiger partial charge in [-0.15, -0.1) is 0 Å². The largest absolute Gasteiger partial charge is 0.478 e. The lowest BCUT2D eigenvalue weighted by Crippen LogP contribution is -2.09. The number of benzene rings is 1. The molecule has 1 aromatic carbocycles. The molecule has 0 aliphatic rings. The number of H-pyrrole nitrogens is 1. The average Bonchev–Trinajstić information content (AvgIpc) is 2.29. The summed E-state index contributed by atoms with van der Waals surface area (Å²) in [5, 5.41) is 8.83. The van der Waals surface area contributed by atoms with Crippen LogP contribution in [0.5, 0.6) is 0 Å². The molecule has 0 saturated heterocycles. The SMILES string of the molecule is O=C(O)c1cccc(-c2ccnc(=O)[nH]2)c1. The lowest BCUT2D eigenvalue weighted by atomic mass is 10.1. The smallest absolute Gasteiger partial charge is 0.345 e. The number of rotatable bonds is 2. The average molecular weight is 216 g/mol. The maximum atomic E-state index is 11.0. The molecular weight excluding hydrogens is 208 g/mol. The molecule has 2 rings (SSSR count). The first-order chi connectivity index (χ1) is 7.66. The van der Waals surface area contributed by atoms with E-state index in [0.717, 1.165) is 0 Å². The summed E-state index contributed by atoms with van der Waals surface area (Å²) in [4.78, 5) is 27.8. The van der Waals surface area contributed by atoms with Crippen LogP contribution in [0.2, 0.25) is 0 Å². The summed E-state index contributed by atoms with van der Waals surface area (Å²) in [7, 11) is 0. The second kappa shape index (κ2) is 3.98. The first-order valence-electron chi connectivity index (χ1n) is 4.56. The van der Waals surface area contributed by atoms with E-state index in [2.05, 4.69) is 9.97 Å². The molecule has 16 heavy (non-hydrogen) atoms. The Morgan fingerprint density at radius 3 is 2.81 bits per heavy atom. The van der Waals surface area contributed by atoms with Gasteiger partial charge in [0.05, 0.1) is 11.3 Å². The van der Waals surface area contributed by atoms with Gasteiger partial charge in [-0.2, -0.15) is 0 Å². The van der Waals surface area contributed by atoms with Crippen LogP contribution in [0.15, 0.2) is 41.3 Å². The van der Waals surface area contributed by atoms with Crippen molar-refractivity contribution in [2.24, 2.45) is 0 Å². The monoisotopic (exact) mass is 216 g/mol. The first kappa shape index (κ1) is 10.1. The maximum Gasteiger partial charge on any atom is 0.345 e. The topological polar surface area (TPSA) is 83.0 Å². The van der Waals surface area contributed by atoms with E-state index >= 15 is 0 Å². The molecule has 2 N–H and O–H groups in total. The minimum absolute atomic E-state index is 0.176. The minimum atomic E-state index is -1.00. The predicted molar refractivity (Wildman–Crippen MR) is 57.3 cm³/mol. The van der Waals surface area contributed by atoms with Crippen LogP contribution in [0.25, 0.3) is 11.3 Å². The fraction of sp³-hybridized carbons (Fsp3) is 0. The highest BCUT2D eigenvalue weighted by molar-refractivity contribution is 5.89. The molecule has 5 heteroatoms. The predicted octanol–water partition coefficient (Wildman–Crippen LogP) is 1.14. The van der Waals surface area contributed by atoms with Gasteiger partial charge in [-0.1, -0.05) is 12.1 Å². The van der Waals surface area contributed by atoms with Crippen LogP contribution >= 0.6 is 0 Å². The third-order valence-corrected chi connectivity index (χ3v) is 2.10. The number of hydrogen-bond donors (Lipinski definition) is 2. The van der Waals surface area contributed by atoms with Crippen LogP contribution in [0.1, 0.15) is 10.4 Å². The maximum absolute atomic E-state index is 11.0. The molecule has 2 aromatic rings. The molecule has 1 aromatic heterocycles. The molecule has 80 valence electrons. The van der Waals surface area contributed by atoms with E-state index in [1.54, 1.807) is 18.2 Å². The molecule has 0 radical (unpaired) electrons. The van der Waals surface area contributed by atoms with Crippen molar-refractivity contribution in [2.75, 3.05) is 0 Å². The van der Waals surface area contributed by atoms with Gasteiger partial charge in [-0.25, -0.2) is 14.6 Å². The molecule has 5 nitrogen and oxygen atoms in total. The van der Waals surface area contributed by atoms with Crippen molar-refractivity contribution < 1.29 is 9.90 Å². The zero-order valence-corrected chi connectivity index (χ0v) is 8.18. The summed E-state index contributed by atoms with van der Waals surface area (Å²) < 4.78 is 0. The Kier molecular flexibility index (Phi) is 2.51. The Morgan fingerprint density at radius 2 is 2.12 bits per heavy atom. The quantitative estimate of drug-likeness (QED) is 0.788. The zero-order valence-electron chi connectivity index (χ0n) is 8.18. The fourth-order valence-electron chi connectivity index (χ4n) is 1.36. The van der Waals surface area contributed by atoms with Gasteiger partial charge in [0.25, 0.3) is 0 Å². The van der Waals surface area contributed by atoms with Gasteiger partial charge in [0.1, 0.15) is 0 Å². The van der Waals surface area contributed by atoms with Gasteiger partial charge in [-0.3, -0.25) is 0 Å². The van der Waals surface area contributed by atoms with Crippen molar-refractivity contribution in [2.45, 2.75) is 0 Å². The summed E-state index contributed by atoms with van der Waals surface area (Å²) >= 11 is 0. The van der Waals surface area contributed by atoms with Gasteiger partial charge in [0.2, 0.25) is 0 Å². The number of aromatic amines is 1. The van der Waals surface area contributed by atoms with Crippen molar-refractivity contribution in [1.29, 1.82) is 0 Å². The number of carboxylic acids is 1. The molecular formula is C11H8N2O3. The van der Waals surface area contributed by atoms with E-state index in [-0.39, 0.29) is 5.56 Å². The van der Waals surface area contributed by atoms with Gasteiger partial charge in [0, 0.05) is 6.20 Å². The van der Waals surface area contributed by atoms with Crippen LogP contribution in [0.3, 0.4) is 0 Å². The van der Waals surface area contributed by atoms with Gasteiger partial charge in [-0.05, 0) is 23.8 Å². The van der Waals surface area contributed by atoms with E-state index in [1.807, 2.05) is 0 Å². The Hall–Kier alpha value is -2.43. The highest BCUT2D eigenvalue weighted by atomic mass is 16.4. The van der Waals surface area contributed by atoms with E-state index in [9.17, 15) is 9.59 Å². The summed E-state index contributed by atoms with van der Waals surface area (Å²) in [6, 6.07) is 7.94. The summed E-state index contributed by atoms with van der Waals surface area (Å²) in [6.45, 7) is 0. The lowest BCUT2D eigenvalue weighted by Gasteiger charge is -2.01. The molecule has 0 fully saturated rings. The van der Waals surface area contributed by atoms with E-state index in [4.69, 9.17) is 5.11 Å². The second-order valence-electron chi connectivity index (χ2n) is 3.17. The van der Waals surface area contributed by atoms with Gasteiger partial charge >= 0.3 is 11.7 Å². The molecule has 1 heterocycles. The minimum Gasteiger partial charge on any atom is -0.478 e. The fourth-order valence-corrected chi connectivity index (χ4v) is 1.36. The summed E-state index contributed by atoms with van der Waals surface area (Å²) in [5.41, 5.74) is 0.899. The Balaban J connectivity index is 2.52. The van der Waals surface area contributed by atoms with Crippen LogP contribution < -0.4 is 5.69 Å². The number of carboxylic acid groups (broad SMARTS) is 1. The third-order valence-electron chi connectivity index (χ3n) is 2.10. The van der Waals surface area contributed by atoms with Crippen LogP contribution in [0.4, 0.5) is 0 Å². The third kappa shape index (κ3) is 1.98. The Morgan fingerprint density at radius 1 is 1.31 bits per heavy atom. The Bertz CT molecular complexity index is 590. The molecule has 0 unspecified atom stereocenters. The standard InChI is InChI=1S/C11H8N2O3/c14-10(15)8-3-1-2-7(6-8)9-4-5-12-11(16)13-9/h1-6H,(H,14,15)(H,12,13,16). The number of aromatic carboxylic acids is 1. The van der Waals surface area contributed by atoms with Crippen molar-refractivity contribution in [3.05, 3.63) is 52.6 Å². The number of nitrogens with one attached hydrogen (secondary N) is 1. The van der Waals surface area contributed by atoms with Crippen molar-refractivity contribution in [3.63, 3.8) is 0 Å². The number of hydrogen-bond acceptors (Lipinski definition) is 3. The molecule has 0 spiro atoms. The molecule has 0 amide bonds. The highest BCUT2D eigenvalue weighted by Crippen LogP contribution is 2.16. The number of aromatic nitrogens is 2. The van der Waals surface area contributed by atoms with Gasteiger partial charge < -0.3 is 10.1 Å². The van der Waals surface area contributed by atoms with Crippen molar-refractivity contribution >= 4 is 5.97 Å². The lowest BCUT2D eigenvalue weighted by molar-refractivity contribution is 0.0697. The molecule has 0 aliphatic carbocycles. The molecule has 0 atom stereocenters. The second-order valence-corrected chi connectivity index (χ2v) is 3.17. The van der Waals surface area contributed by atoms with E-state index in [1.165, 1.54) is 18.3 Å². The first-order valence-corrected chi connectivity index (χ1v) is 4.56. The molecule has 0 bridgehead atoms. The number of carbonyl (C=O) groups is 1. The van der Waals surface area contributed by atoms with E-state index < -0.39 is 11.7 Å². The Labute approximate surface area is 90.4 Å². The molecule has 0 saturated carbocycles. The highest BCUT2D eigenvalue weighted by Gasteiger charge is 2.04. The summed E-state index contributed by atoms with van der Waals surface area (Å²) in [6.07, 6.45) is 1.38. The van der Waals surface area contributed by atoms with E-state index in [0.29, 0.717) is 11.3 Å². The normalized spacial score (nSPS) is 10.0. The van der Waals surface area contributed by atoms with Crippen LogP contribution in [-0.4, -0.2) is 21.0 Å². The molecule has 0 aliphatic heterocycles. The van der Waals surface area contributed by atoms with Crippen LogP contribution in [-0.2, 0) is 0 Å². The zero-order chi connectivity index (χ0) is 11.5. The van der Waals surface area contributed by atoms with Crippen molar-refractivity contribution in [1.82, 2.24) is 9.97 Å². The van der Waals surface area contributed by atoms with Crippen molar-refractivity contribution in [3.8, 4) is 11.3 Å². The number of nitrogens with zero attached hydrogens (tertiary/aromatic N) is 1. The van der Waals surface area contributed by atoms with Crippen LogP contribution in [0, 0.1) is 0 Å². The summed E-state index contributed by atoms with van der Waals surface area (Å²) in [5.74, 6) is -1.00. The van der Waals surface area contributed by atoms with Gasteiger partial charge in [0.15, 0.2) is 0 Å².